The van der Waals surface area contributed by atoms with Gasteiger partial charge in [0.25, 0.3) is 5.91 Å². The molecule has 8 nitrogen and oxygen atoms in total. The average molecular weight is 412 g/mol. The van der Waals surface area contributed by atoms with Crippen LogP contribution in [0.25, 0.3) is 0 Å². The fourth-order valence-electron chi connectivity index (χ4n) is 2.65. The number of nitrogens with zero attached hydrogens (tertiary/aromatic N) is 4. The van der Waals surface area contributed by atoms with E-state index in [9.17, 15) is 4.79 Å². The highest BCUT2D eigenvalue weighted by Gasteiger charge is 2.25. The first-order valence-electron chi connectivity index (χ1n) is 8.73. The summed E-state index contributed by atoms with van der Waals surface area (Å²) in [7, 11) is 0. The monoisotopic (exact) mass is 411 g/mol. The number of para-hydroxylation sites is 1. The topological polar surface area (TPSA) is 118 Å². The van der Waals surface area contributed by atoms with Gasteiger partial charge in [-0.3, -0.25) is 4.79 Å². The predicted octanol–water partition coefficient (Wildman–Crippen LogP) is 3.17. The van der Waals surface area contributed by atoms with Crippen molar-refractivity contribution in [1.82, 2.24) is 15.1 Å². The molecule has 0 unspecified atom stereocenters. The van der Waals surface area contributed by atoms with Gasteiger partial charge in [-0.05, 0) is 36.8 Å². The van der Waals surface area contributed by atoms with Crippen LogP contribution in [0.1, 0.15) is 23.9 Å². The van der Waals surface area contributed by atoms with Crippen LogP contribution in [0, 0.1) is 11.3 Å². The number of amides is 1. The molecule has 0 bridgehead atoms. The number of hydrogen-bond donors (Lipinski definition) is 1. The van der Waals surface area contributed by atoms with Crippen molar-refractivity contribution < 1.29 is 13.9 Å². The number of ether oxygens (including phenoxy) is 1. The van der Waals surface area contributed by atoms with E-state index in [0.29, 0.717) is 16.3 Å². The number of rotatable bonds is 7. The molecule has 0 aliphatic rings. The van der Waals surface area contributed by atoms with E-state index in [-0.39, 0.29) is 30.9 Å². The molecule has 3 aromatic rings. The third kappa shape index (κ3) is 5.24. The van der Waals surface area contributed by atoms with Gasteiger partial charge in [-0.25, -0.2) is 0 Å². The smallest absolute Gasteiger partial charge is 0.312 e. The van der Waals surface area contributed by atoms with E-state index >= 15 is 0 Å². The lowest BCUT2D eigenvalue weighted by Gasteiger charge is -2.25. The predicted molar refractivity (Wildman–Crippen MR) is 106 cm³/mol. The van der Waals surface area contributed by atoms with Crippen molar-refractivity contribution in [3.05, 3.63) is 70.6 Å². The number of benzene rings is 2. The summed E-state index contributed by atoms with van der Waals surface area (Å²) >= 11 is 6.12. The zero-order chi connectivity index (χ0) is 20.8. The second-order valence-electron chi connectivity index (χ2n) is 6.23. The number of nitrogen functional groups attached to an aromatic ring is 1. The molecule has 0 saturated carbocycles. The molecule has 1 amide bonds. The summed E-state index contributed by atoms with van der Waals surface area (Å²) in [6.07, 6.45) is -0.812. The highest BCUT2D eigenvalue weighted by atomic mass is 35.5. The van der Waals surface area contributed by atoms with E-state index < -0.39 is 6.10 Å². The minimum atomic E-state index is -0.812. The Balaban J connectivity index is 1.79. The number of carbonyl (C=O) groups excluding carboxylic acids is 1. The Labute approximate surface area is 172 Å². The molecule has 0 fully saturated rings. The Morgan fingerprint density at radius 3 is 2.59 bits per heavy atom. The highest BCUT2D eigenvalue weighted by Crippen LogP contribution is 2.25. The van der Waals surface area contributed by atoms with Crippen LogP contribution in [0.4, 0.5) is 6.01 Å². The Kier molecular flexibility index (Phi) is 6.32. The van der Waals surface area contributed by atoms with Gasteiger partial charge in [0.1, 0.15) is 5.75 Å². The summed E-state index contributed by atoms with van der Waals surface area (Å²) in [6, 6.07) is 15.8. The van der Waals surface area contributed by atoms with Crippen molar-refractivity contribution in [2.75, 3.05) is 5.73 Å². The van der Waals surface area contributed by atoms with Crippen molar-refractivity contribution in [2.45, 2.75) is 26.1 Å². The number of carbonyl (C=O) groups is 1. The quantitative estimate of drug-likeness (QED) is 0.634. The van der Waals surface area contributed by atoms with Gasteiger partial charge in [0.2, 0.25) is 5.89 Å². The number of nitriles is 1. The maximum atomic E-state index is 13.1. The van der Waals surface area contributed by atoms with Gasteiger partial charge in [-0.15, -0.1) is 5.10 Å². The molecule has 9 heteroatoms. The molecule has 0 radical (unpaired) electrons. The SMILES string of the molecule is C[C@@H](Oc1ccccc1Cl)C(=O)N(Cc1ccc(C#N)cc1)Cc1nnc(N)o1. The molecule has 2 N–H and O–H groups in total. The van der Waals surface area contributed by atoms with E-state index in [4.69, 9.17) is 31.8 Å². The fourth-order valence-corrected chi connectivity index (χ4v) is 2.83. The molecule has 1 aromatic heterocycles. The van der Waals surface area contributed by atoms with Crippen LogP contribution in [0.3, 0.4) is 0 Å². The number of aromatic nitrogens is 2. The van der Waals surface area contributed by atoms with Gasteiger partial charge >= 0.3 is 6.01 Å². The molecule has 3 rings (SSSR count). The standard InChI is InChI=1S/C20H18ClN5O3/c1-13(28-17-5-3-2-4-16(17)21)19(27)26(12-18-24-25-20(23)29-18)11-15-8-6-14(10-22)7-9-15/h2-9,13H,11-12H2,1H3,(H2,23,25)/t13-/m1/s1. The van der Waals surface area contributed by atoms with Crippen molar-refractivity contribution in [3.63, 3.8) is 0 Å². The largest absolute Gasteiger partial charge is 0.479 e. The first kappa shape index (κ1) is 20.2. The third-order valence-electron chi connectivity index (χ3n) is 4.06. The Morgan fingerprint density at radius 2 is 1.97 bits per heavy atom. The molecule has 29 heavy (non-hydrogen) atoms. The first-order valence-corrected chi connectivity index (χ1v) is 9.11. The number of nitrogens with two attached hydrogens (primary N) is 1. The van der Waals surface area contributed by atoms with Gasteiger partial charge in [0.05, 0.1) is 23.2 Å². The summed E-state index contributed by atoms with van der Waals surface area (Å²) in [6.45, 7) is 1.95. The van der Waals surface area contributed by atoms with Crippen LogP contribution in [0.2, 0.25) is 5.02 Å². The van der Waals surface area contributed by atoms with Gasteiger partial charge in [-0.2, -0.15) is 5.26 Å². The van der Waals surface area contributed by atoms with Crippen molar-refractivity contribution in [1.29, 1.82) is 5.26 Å². The summed E-state index contributed by atoms with van der Waals surface area (Å²) in [5, 5.41) is 16.8. The van der Waals surface area contributed by atoms with Crippen molar-refractivity contribution in [2.24, 2.45) is 0 Å². The van der Waals surface area contributed by atoms with E-state index in [0.717, 1.165) is 5.56 Å². The molecule has 1 heterocycles. The van der Waals surface area contributed by atoms with Crippen molar-refractivity contribution >= 4 is 23.5 Å². The van der Waals surface area contributed by atoms with Crippen LogP contribution in [-0.2, 0) is 17.9 Å². The molecule has 1 atom stereocenters. The maximum Gasteiger partial charge on any atom is 0.312 e. The molecule has 2 aromatic carbocycles. The maximum absolute atomic E-state index is 13.1. The van der Waals surface area contributed by atoms with E-state index in [1.165, 1.54) is 4.90 Å². The third-order valence-corrected chi connectivity index (χ3v) is 4.38. The van der Waals surface area contributed by atoms with E-state index in [1.807, 2.05) is 0 Å². The lowest BCUT2D eigenvalue weighted by Crippen LogP contribution is -2.39. The minimum Gasteiger partial charge on any atom is -0.479 e. The van der Waals surface area contributed by atoms with Gasteiger partial charge in [0, 0.05) is 6.54 Å². The summed E-state index contributed by atoms with van der Waals surface area (Å²) in [4.78, 5) is 14.6. The second-order valence-corrected chi connectivity index (χ2v) is 6.63. The molecule has 148 valence electrons. The number of anilines is 1. The lowest BCUT2D eigenvalue weighted by atomic mass is 10.1. The summed E-state index contributed by atoms with van der Waals surface area (Å²) in [5.41, 5.74) is 6.84. The Morgan fingerprint density at radius 1 is 1.24 bits per heavy atom. The van der Waals surface area contributed by atoms with Crippen LogP contribution < -0.4 is 10.5 Å². The Bertz CT molecular complexity index is 1030. The van der Waals surface area contributed by atoms with Crippen LogP contribution in [0.5, 0.6) is 5.75 Å². The normalized spacial score (nSPS) is 11.5. The van der Waals surface area contributed by atoms with Gasteiger partial charge < -0.3 is 19.8 Å². The average Bonchev–Trinajstić information content (AvgIpc) is 3.14. The fraction of sp³-hybridized carbons (Fsp3) is 0.200. The number of halogens is 1. The molecule has 0 spiro atoms. The molecular weight excluding hydrogens is 394 g/mol. The molecule has 0 aliphatic heterocycles. The first-order chi connectivity index (χ1) is 14.0. The van der Waals surface area contributed by atoms with Gasteiger partial charge in [0.15, 0.2) is 6.10 Å². The van der Waals surface area contributed by atoms with Crippen LogP contribution >= 0.6 is 11.6 Å². The number of hydrogen-bond acceptors (Lipinski definition) is 7. The molecular formula is C20H18ClN5O3. The summed E-state index contributed by atoms with van der Waals surface area (Å²) < 4.78 is 11.0. The zero-order valence-electron chi connectivity index (χ0n) is 15.6. The summed E-state index contributed by atoms with van der Waals surface area (Å²) in [5.74, 6) is 0.316. The lowest BCUT2D eigenvalue weighted by molar-refractivity contribution is -0.139. The van der Waals surface area contributed by atoms with Crippen LogP contribution in [0.15, 0.2) is 52.9 Å². The molecule has 0 aliphatic carbocycles. The highest BCUT2D eigenvalue weighted by molar-refractivity contribution is 6.32. The van der Waals surface area contributed by atoms with Crippen molar-refractivity contribution in [3.8, 4) is 11.8 Å². The second kappa shape index (κ2) is 9.08. The van der Waals surface area contributed by atoms with Crippen LogP contribution in [-0.4, -0.2) is 27.1 Å². The van der Waals surface area contributed by atoms with E-state index in [1.54, 1.807) is 55.5 Å². The zero-order valence-corrected chi connectivity index (χ0v) is 16.3. The minimum absolute atomic E-state index is 0.0548. The van der Waals surface area contributed by atoms with Gasteiger partial charge in [-0.1, -0.05) is 41.0 Å². The van der Waals surface area contributed by atoms with E-state index in [2.05, 4.69) is 16.3 Å². The Hall–Kier alpha value is -3.57. The molecule has 0 saturated heterocycles.